The fraction of sp³-hybridized carbons (Fsp3) is 0.227. The highest BCUT2D eigenvalue weighted by atomic mass is 19.1. The maximum Gasteiger partial charge on any atom is 0.225 e. The van der Waals surface area contributed by atoms with E-state index in [-0.39, 0.29) is 17.8 Å². The van der Waals surface area contributed by atoms with E-state index in [0.29, 0.717) is 19.5 Å². The van der Waals surface area contributed by atoms with Crippen molar-refractivity contribution in [1.29, 1.82) is 0 Å². The van der Waals surface area contributed by atoms with Crippen LogP contribution in [-0.4, -0.2) is 21.9 Å². The zero-order valence-electron chi connectivity index (χ0n) is 14.9. The second-order valence-corrected chi connectivity index (χ2v) is 6.30. The summed E-state index contributed by atoms with van der Waals surface area (Å²) in [5.74, 6) is -0.233. The summed E-state index contributed by atoms with van der Waals surface area (Å²) in [6.07, 6.45) is 4.12. The first kappa shape index (κ1) is 17.9. The quantitative estimate of drug-likeness (QED) is 0.609. The molecule has 0 N–H and O–H groups in total. The Labute approximate surface area is 153 Å². The van der Waals surface area contributed by atoms with Crippen LogP contribution in [0.25, 0.3) is 0 Å². The molecule has 4 heteroatoms. The smallest absolute Gasteiger partial charge is 0.225 e. The number of carbonyl (C=O) groups excluding carboxylic acids is 1. The van der Waals surface area contributed by atoms with Gasteiger partial charge in [0, 0.05) is 25.5 Å². The zero-order valence-corrected chi connectivity index (χ0v) is 14.9. The summed E-state index contributed by atoms with van der Waals surface area (Å²) in [5, 5.41) is 0. The maximum atomic E-state index is 13.7. The van der Waals surface area contributed by atoms with E-state index in [4.69, 9.17) is 0 Å². The molecule has 26 heavy (non-hydrogen) atoms. The highest BCUT2D eigenvalue weighted by Gasteiger charge is 2.21. The molecule has 1 atom stereocenters. The van der Waals surface area contributed by atoms with Gasteiger partial charge in [0.2, 0.25) is 5.91 Å². The van der Waals surface area contributed by atoms with Crippen LogP contribution < -0.4 is 0 Å². The predicted molar refractivity (Wildman–Crippen MR) is 101 cm³/mol. The van der Waals surface area contributed by atoms with Gasteiger partial charge in [-0.15, -0.1) is 0 Å². The van der Waals surface area contributed by atoms with E-state index in [0.717, 1.165) is 11.1 Å². The van der Waals surface area contributed by atoms with E-state index in [1.54, 1.807) is 6.07 Å². The molecular formula is C22H23FN2O. The van der Waals surface area contributed by atoms with Gasteiger partial charge < -0.3 is 9.47 Å². The third-order valence-electron chi connectivity index (χ3n) is 4.54. The van der Waals surface area contributed by atoms with Crippen molar-refractivity contribution in [3.8, 4) is 0 Å². The number of aromatic nitrogens is 1. The molecule has 1 amide bonds. The normalized spacial score (nSPS) is 11.9. The van der Waals surface area contributed by atoms with E-state index < -0.39 is 0 Å². The summed E-state index contributed by atoms with van der Waals surface area (Å²) < 4.78 is 15.7. The molecule has 134 valence electrons. The highest BCUT2D eigenvalue weighted by molar-refractivity contribution is 5.77. The summed E-state index contributed by atoms with van der Waals surface area (Å²) in [7, 11) is 0. The predicted octanol–water partition coefficient (Wildman–Crippen LogP) is 4.66. The minimum absolute atomic E-state index is 0.0549. The van der Waals surface area contributed by atoms with Gasteiger partial charge in [-0.05, 0) is 42.3 Å². The molecule has 0 aliphatic rings. The van der Waals surface area contributed by atoms with Gasteiger partial charge in [0.1, 0.15) is 5.82 Å². The highest BCUT2D eigenvalue weighted by Crippen LogP contribution is 2.24. The fourth-order valence-corrected chi connectivity index (χ4v) is 3.14. The molecule has 1 heterocycles. The van der Waals surface area contributed by atoms with E-state index >= 15 is 0 Å². The first-order valence-corrected chi connectivity index (χ1v) is 8.87. The maximum absolute atomic E-state index is 13.7. The average molecular weight is 350 g/mol. The van der Waals surface area contributed by atoms with Gasteiger partial charge in [-0.2, -0.15) is 0 Å². The third-order valence-corrected chi connectivity index (χ3v) is 4.54. The molecular weight excluding hydrogens is 327 g/mol. The number of halogens is 1. The van der Waals surface area contributed by atoms with Gasteiger partial charge in [-0.1, -0.05) is 42.5 Å². The van der Waals surface area contributed by atoms with Crippen molar-refractivity contribution in [2.75, 3.05) is 6.54 Å². The van der Waals surface area contributed by atoms with Crippen LogP contribution in [0.2, 0.25) is 0 Å². The Kier molecular flexibility index (Phi) is 5.84. The van der Waals surface area contributed by atoms with Crippen LogP contribution in [0.4, 0.5) is 4.39 Å². The van der Waals surface area contributed by atoms with Crippen molar-refractivity contribution in [2.24, 2.45) is 0 Å². The number of hydrogen-bond acceptors (Lipinski definition) is 1. The van der Waals surface area contributed by atoms with Crippen molar-refractivity contribution >= 4 is 5.91 Å². The second-order valence-electron chi connectivity index (χ2n) is 6.30. The van der Waals surface area contributed by atoms with Gasteiger partial charge in [0.25, 0.3) is 0 Å². The second kappa shape index (κ2) is 8.48. The van der Waals surface area contributed by atoms with Crippen LogP contribution in [0.1, 0.15) is 30.5 Å². The van der Waals surface area contributed by atoms with E-state index in [1.165, 1.54) is 12.1 Å². The number of amides is 1. The van der Waals surface area contributed by atoms with Crippen molar-refractivity contribution in [2.45, 2.75) is 25.9 Å². The van der Waals surface area contributed by atoms with Gasteiger partial charge in [0.05, 0.1) is 12.5 Å². The molecule has 0 aliphatic carbocycles. The summed E-state index contributed by atoms with van der Waals surface area (Å²) in [4.78, 5) is 14.8. The van der Waals surface area contributed by atoms with E-state index in [2.05, 4.69) is 0 Å². The molecule has 0 fully saturated rings. The molecule has 0 radical (unpaired) electrons. The van der Waals surface area contributed by atoms with Gasteiger partial charge in [-0.25, -0.2) is 4.39 Å². The third kappa shape index (κ3) is 4.39. The van der Waals surface area contributed by atoms with Crippen LogP contribution >= 0.6 is 0 Å². The number of nitrogens with zero attached hydrogens (tertiary/aromatic N) is 2. The van der Waals surface area contributed by atoms with Crippen molar-refractivity contribution in [3.63, 3.8) is 0 Å². The SMILES string of the molecule is CCN(Cc1ccccc1)C(=O)C[C@H](c1cccc(F)c1)n1cccc1. The lowest BCUT2D eigenvalue weighted by molar-refractivity contribution is -0.132. The fourth-order valence-electron chi connectivity index (χ4n) is 3.14. The van der Waals surface area contributed by atoms with Gasteiger partial charge in [0.15, 0.2) is 0 Å². The van der Waals surface area contributed by atoms with Crippen LogP contribution in [-0.2, 0) is 11.3 Å². The Balaban J connectivity index is 1.80. The minimum Gasteiger partial charge on any atom is -0.346 e. The number of hydrogen-bond donors (Lipinski definition) is 0. The molecule has 3 rings (SSSR count). The molecule has 0 spiro atoms. The molecule has 0 saturated heterocycles. The average Bonchev–Trinajstić information content (AvgIpc) is 3.19. The summed E-state index contributed by atoms with van der Waals surface area (Å²) >= 11 is 0. The standard InChI is InChI=1S/C22H23FN2O/c1-2-24(17-18-9-4-3-5-10-18)22(26)16-21(25-13-6-7-14-25)19-11-8-12-20(23)15-19/h3-15,21H,2,16-17H2,1H3/t21-/m1/s1. The van der Waals surface area contributed by atoms with Crippen LogP contribution in [0.15, 0.2) is 79.1 Å². The number of benzene rings is 2. The Bertz CT molecular complexity index is 830. The monoisotopic (exact) mass is 350 g/mol. The topological polar surface area (TPSA) is 25.2 Å². The van der Waals surface area contributed by atoms with Gasteiger partial charge in [-0.3, -0.25) is 4.79 Å². The molecule has 3 aromatic rings. The minimum atomic E-state index is -0.288. The molecule has 0 saturated carbocycles. The molecule has 3 nitrogen and oxygen atoms in total. The molecule has 0 bridgehead atoms. The molecule has 2 aromatic carbocycles. The lowest BCUT2D eigenvalue weighted by atomic mass is 10.0. The molecule has 0 aliphatic heterocycles. The van der Waals surface area contributed by atoms with E-state index in [9.17, 15) is 9.18 Å². The van der Waals surface area contributed by atoms with Crippen molar-refractivity contribution in [1.82, 2.24) is 9.47 Å². The van der Waals surface area contributed by atoms with Crippen LogP contribution in [0.3, 0.4) is 0 Å². The largest absolute Gasteiger partial charge is 0.346 e. The Morgan fingerprint density at radius 1 is 1.04 bits per heavy atom. The van der Waals surface area contributed by atoms with Crippen LogP contribution in [0.5, 0.6) is 0 Å². The first-order valence-electron chi connectivity index (χ1n) is 8.87. The molecule has 0 unspecified atom stereocenters. The van der Waals surface area contributed by atoms with Crippen molar-refractivity contribution < 1.29 is 9.18 Å². The first-order chi connectivity index (χ1) is 12.7. The molecule has 1 aromatic heterocycles. The number of rotatable bonds is 7. The van der Waals surface area contributed by atoms with E-state index in [1.807, 2.05) is 77.3 Å². The van der Waals surface area contributed by atoms with Crippen molar-refractivity contribution in [3.05, 3.63) is 96.1 Å². The number of carbonyl (C=O) groups is 1. The lowest BCUT2D eigenvalue weighted by Crippen LogP contribution is -2.32. The Hall–Kier alpha value is -2.88. The summed E-state index contributed by atoms with van der Waals surface area (Å²) in [5.41, 5.74) is 1.90. The summed E-state index contributed by atoms with van der Waals surface area (Å²) in [6, 6.07) is 20.0. The van der Waals surface area contributed by atoms with Crippen LogP contribution in [0, 0.1) is 5.82 Å². The zero-order chi connectivity index (χ0) is 18.4. The van der Waals surface area contributed by atoms with Gasteiger partial charge >= 0.3 is 0 Å². The summed E-state index contributed by atoms with van der Waals surface area (Å²) in [6.45, 7) is 3.20. The lowest BCUT2D eigenvalue weighted by Gasteiger charge is -2.25. The Morgan fingerprint density at radius 3 is 2.42 bits per heavy atom. The Morgan fingerprint density at radius 2 is 1.77 bits per heavy atom.